The minimum atomic E-state index is -4.59. The van der Waals surface area contributed by atoms with E-state index in [9.17, 15) is 22.8 Å². The van der Waals surface area contributed by atoms with Gasteiger partial charge in [-0.25, -0.2) is 0 Å². The van der Waals surface area contributed by atoms with Gasteiger partial charge in [-0.1, -0.05) is 48.5 Å². The summed E-state index contributed by atoms with van der Waals surface area (Å²) in [6.07, 6.45) is -4.06. The molecule has 5 rings (SSSR count). The Labute approximate surface area is 245 Å². The predicted molar refractivity (Wildman–Crippen MR) is 158 cm³/mol. The van der Waals surface area contributed by atoms with Gasteiger partial charge < -0.3 is 25.1 Å². The molecule has 0 saturated carbocycles. The minimum absolute atomic E-state index is 0.0171. The summed E-state index contributed by atoms with van der Waals surface area (Å²) >= 11 is 0. The number of para-hydroxylation sites is 2. The van der Waals surface area contributed by atoms with Crippen LogP contribution in [0.25, 0.3) is 11.0 Å². The summed E-state index contributed by atoms with van der Waals surface area (Å²) in [5.74, 6) is -0.586. The molecular weight excluding hydrogens is 559 g/mol. The summed E-state index contributed by atoms with van der Waals surface area (Å²) < 4.78 is 52.0. The number of alkyl halides is 3. The summed E-state index contributed by atoms with van der Waals surface area (Å²) in [6, 6.07) is 27.7. The second-order valence-corrected chi connectivity index (χ2v) is 9.77. The van der Waals surface area contributed by atoms with E-state index in [0.717, 1.165) is 17.7 Å². The van der Waals surface area contributed by atoms with Crippen molar-refractivity contribution >= 4 is 34.2 Å². The van der Waals surface area contributed by atoms with Crippen molar-refractivity contribution in [1.29, 1.82) is 0 Å². The molecule has 43 heavy (non-hydrogen) atoms. The van der Waals surface area contributed by atoms with Gasteiger partial charge in [-0.3, -0.25) is 9.59 Å². The monoisotopic (exact) mass is 587 g/mol. The number of fused-ring (bicyclic) bond motifs is 1. The van der Waals surface area contributed by atoms with Crippen LogP contribution in [0.3, 0.4) is 0 Å². The first-order chi connectivity index (χ1) is 20.7. The maximum absolute atomic E-state index is 13.5. The lowest BCUT2D eigenvalue weighted by Crippen LogP contribution is -2.36. The van der Waals surface area contributed by atoms with Crippen LogP contribution in [0.5, 0.6) is 5.75 Å². The maximum Gasteiger partial charge on any atom is 0.417 e. The quantitative estimate of drug-likeness (QED) is 0.171. The van der Waals surface area contributed by atoms with Gasteiger partial charge in [0.15, 0.2) is 5.76 Å². The van der Waals surface area contributed by atoms with E-state index in [1.165, 1.54) is 17.0 Å². The molecule has 0 aliphatic rings. The SMILES string of the molecule is Nc1ccccc1NC(=O)c1ccc(OCCN(CCc2ccccc2)C(=O)c2cc3c(C(F)(F)F)cccc3o2)cc1. The Morgan fingerprint density at radius 2 is 1.58 bits per heavy atom. The molecule has 0 atom stereocenters. The number of nitrogens with two attached hydrogens (primary N) is 1. The topological polar surface area (TPSA) is 97.8 Å². The molecule has 0 fully saturated rings. The summed E-state index contributed by atoms with van der Waals surface area (Å²) in [7, 11) is 0. The number of carbonyl (C=O) groups is 2. The second kappa shape index (κ2) is 12.7. The smallest absolute Gasteiger partial charge is 0.417 e. The third-order valence-electron chi connectivity index (χ3n) is 6.83. The van der Waals surface area contributed by atoms with Gasteiger partial charge in [0.2, 0.25) is 0 Å². The van der Waals surface area contributed by atoms with Gasteiger partial charge in [-0.2, -0.15) is 13.2 Å². The van der Waals surface area contributed by atoms with Crippen molar-refractivity contribution in [1.82, 2.24) is 4.90 Å². The third-order valence-corrected chi connectivity index (χ3v) is 6.83. The molecule has 1 heterocycles. The molecule has 5 aromatic rings. The lowest BCUT2D eigenvalue weighted by Gasteiger charge is -2.22. The van der Waals surface area contributed by atoms with E-state index in [1.54, 1.807) is 48.5 Å². The zero-order valence-corrected chi connectivity index (χ0v) is 22.9. The van der Waals surface area contributed by atoms with Crippen LogP contribution in [0.1, 0.15) is 32.0 Å². The van der Waals surface area contributed by atoms with Crippen molar-refractivity contribution in [3.8, 4) is 5.75 Å². The number of anilines is 2. The van der Waals surface area contributed by atoms with Gasteiger partial charge in [0, 0.05) is 17.5 Å². The van der Waals surface area contributed by atoms with Crippen molar-refractivity contribution in [3.63, 3.8) is 0 Å². The number of furan rings is 1. The minimum Gasteiger partial charge on any atom is -0.492 e. The molecule has 220 valence electrons. The zero-order valence-electron chi connectivity index (χ0n) is 22.9. The van der Waals surface area contributed by atoms with E-state index in [0.29, 0.717) is 29.1 Å². The number of halogens is 3. The molecule has 0 unspecified atom stereocenters. The highest BCUT2D eigenvalue weighted by molar-refractivity contribution is 6.05. The number of hydrogen-bond donors (Lipinski definition) is 2. The number of benzene rings is 4. The van der Waals surface area contributed by atoms with Crippen molar-refractivity contribution in [2.75, 3.05) is 30.7 Å². The first-order valence-electron chi connectivity index (χ1n) is 13.5. The number of amides is 2. The Morgan fingerprint density at radius 1 is 0.860 bits per heavy atom. The van der Waals surface area contributed by atoms with E-state index < -0.39 is 17.6 Å². The molecule has 0 aliphatic heterocycles. The molecule has 3 N–H and O–H groups in total. The molecular formula is C33H28F3N3O4. The second-order valence-electron chi connectivity index (χ2n) is 9.77. The van der Waals surface area contributed by atoms with Gasteiger partial charge in [-0.15, -0.1) is 0 Å². The maximum atomic E-state index is 13.5. The number of nitrogens with zero attached hydrogens (tertiary/aromatic N) is 1. The van der Waals surface area contributed by atoms with Gasteiger partial charge in [0.1, 0.15) is 17.9 Å². The van der Waals surface area contributed by atoms with Crippen LogP contribution in [0.4, 0.5) is 24.5 Å². The molecule has 0 saturated heterocycles. The zero-order chi connectivity index (χ0) is 30.4. The molecule has 1 aromatic heterocycles. The van der Waals surface area contributed by atoms with E-state index in [-0.39, 0.29) is 42.3 Å². The fourth-order valence-electron chi connectivity index (χ4n) is 4.57. The Hall–Kier alpha value is -5.25. The van der Waals surface area contributed by atoms with Gasteiger partial charge in [-0.05, 0) is 66.6 Å². The van der Waals surface area contributed by atoms with Gasteiger partial charge in [0.25, 0.3) is 11.8 Å². The van der Waals surface area contributed by atoms with E-state index >= 15 is 0 Å². The van der Waals surface area contributed by atoms with E-state index in [2.05, 4.69) is 5.32 Å². The molecule has 7 nitrogen and oxygen atoms in total. The molecule has 0 radical (unpaired) electrons. The summed E-state index contributed by atoms with van der Waals surface area (Å²) in [5, 5.41) is 2.59. The highest BCUT2D eigenvalue weighted by atomic mass is 19.4. The normalized spacial score (nSPS) is 11.3. The lowest BCUT2D eigenvalue weighted by molar-refractivity contribution is -0.136. The average molecular weight is 588 g/mol. The van der Waals surface area contributed by atoms with Gasteiger partial charge in [0.05, 0.1) is 23.5 Å². The highest BCUT2D eigenvalue weighted by Gasteiger charge is 2.34. The number of ether oxygens (including phenoxy) is 1. The fraction of sp³-hybridized carbons (Fsp3) is 0.152. The van der Waals surface area contributed by atoms with Gasteiger partial charge >= 0.3 is 6.18 Å². The van der Waals surface area contributed by atoms with Crippen molar-refractivity contribution in [2.45, 2.75) is 12.6 Å². The summed E-state index contributed by atoms with van der Waals surface area (Å²) in [5.41, 5.74) is 7.37. The van der Waals surface area contributed by atoms with Crippen LogP contribution in [-0.2, 0) is 12.6 Å². The Morgan fingerprint density at radius 3 is 2.30 bits per heavy atom. The molecule has 2 amide bonds. The lowest BCUT2D eigenvalue weighted by atomic mass is 10.1. The van der Waals surface area contributed by atoms with Crippen LogP contribution in [0.15, 0.2) is 108 Å². The molecule has 0 bridgehead atoms. The largest absolute Gasteiger partial charge is 0.492 e. The molecule has 4 aromatic carbocycles. The summed E-state index contributed by atoms with van der Waals surface area (Å²) in [6.45, 7) is 0.530. The number of nitrogens with one attached hydrogen (secondary N) is 1. The Balaban J connectivity index is 1.26. The Kier molecular flexibility index (Phi) is 8.66. The number of carbonyl (C=O) groups excluding carboxylic acids is 2. The van der Waals surface area contributed by atoms with Crippen molar-refractivity contribution in [3.05, 3.63) is 126 Å². The standard InChI is InChI=1S/C33H28F3N3O4/c34-33(35,36)26-9-6-12-29-25(26)21-30(43-29)32(41)39(18-17-22-7-2-1-3-8-22)19-20-42-24-15-13-23(14-16-24)31(40)38-28-11-5-4-10-27(28)37/h1-16,21H,17-20,37H2,(H,38,40). The number of rotatable bonds is 10. The average Bonchev–Trinajstić information content (AvgIpc) is 3.44. The van der Waals surface area contributed by atoms with E-state index in [1.807, 2.05) is 30.3 Å². The Bertz CT molecular complexity index is 1720. The van der Waals surface area contributed by atoms with Crippen LogP contribution >= 0.6 is 0 Å². The van der Waals surface area contributed by atoms with Crippen LogP contribution < -0.4 is 15.8 Å². The van der Waals surface area contributed by atoms with Crippen LogP contribution in [0.2, 0.25) is 0 Å². The first kappa shape index (κ1) is 29.2. The molecule has 0 spiro atoms. The molecule has 10 heteroatoms. The predicted octanol–water partition coefficient (Wildman–Crippen LogP) is 7.05. The fourth-order valence-corrected chi connectivity index (χ4v) is 4.57. The summed E-state index contributed by atoms with van der Waals surface area (Å²) in [4.78, 5) is 27.6. The first-order valence-corrected chi connectivity index (χ1v) is 13.5. The number of hydrogen-bond acceptors (Lipinski definition) is 5. The van der Waals surface area contributed by atoms with Crippen molar-refractivity contribution in [2.24, 2.45) is 0 Å². The number of nitrogen functional groups attached to an aromatic ring is 1. The van der Waals surface area contributed by atoms with Crippen LogP contribution in [0, 0.1) is 0 Å². The highest BCUT2D eigenvalue weighted by Crippen LogP contribution is 2.36. The van der Waals surface area contributed by atoms with Crippen molar-refractivity contribution < 1.29 is 31.9 Å². The van der Waals surface area contributed by atoms with Crippen LogP contribution in [-0.4, -0.2) is 36.4 Å². The van der Waals surface area contributed by atoms with E-state index in [4.69, 9.17) is 14.9 Å². The third kappa shape index (κ3) is 7.16. The molecule has 0 aliphatic carbocycles.